The lowest BCUT2D eigenvalue weighted by atomic mass is 10.1. The van der Waals surface area contributed by atoms with Crippen LogP contribution in [0.5, 0.6) is 0 Å². The average molecular weight is 271 g/mol. The van der Waals surface area contributed by atoms with E-state index in [0.717, 1.165) is 11.1 Å². The molecule has 1 aromatic heterocycles. The molecule has 0 fully saturated rings. The van der Waals surface area contributed by atoms with E-state index in [-0.39, 0.29) is 6.54 Å². The normalized spacial score (nSPS) is 9.89. The molecule has 1 rings (SSSR count). The van der Waals surface area contributed by atoms with Crippen molar-refractivity contribution in [1.29, 1.82) is 0 Å². The topological polar surface area (TPSA) is 71.5 Å². The summed E-state index contributed by atoms with van der Waals surface area (Å²) < 4.78 is 5.33. The number of hydrogen-bond donors (Lipinski definition) is 2. The van der Waals surface area contributed by atoms with E-state index in [1.807, 2.05) is 6.92 Å². The van der Waals surface area contributed by atoms with E-state index < -0.39 is 6.09 Å². The zero-order chi connectivity index (χ0) is 13.5. The number of aromatic nitrogens is 1. The van der Waals surface area contributed by atoms with Crippen molar-refractivity contribution in [2.75, 3.05) is 13.2 Å². The third kappa shape index (κ3) is 3.92. The molecular formula is C12H15ClN2O3. The highest BCUT2D eigenvalue weighted by Gasteiger charge is 2.11. The van der Waals surface area contributed by atoms with Gasteiger partial charge in [-0.25, -0.2) is 9.78 Å². The van der Waals surface area contributed by atoms with Crippen LogP contribution in [-0.2, 0) is 11.2 Å². The fourth-order valence-corrected chi connectivity index (χ4v) is 1.76. The predicted octanol–water partition coefficient (Wildman–Crippen LogP) is 2.55. The predicted molar refractivity (Wildman–Crippen MR) is 69.6 cm³/mol. The quantitative estimate of drug-likeness (QED) is 0.616. The molecular weight excluding hydrogens is 256 g/mol. The summed E-state index contributed by atoms with van der Waals surface area (Å²) in [6.45, 7) is 6.44. The van der Waals surface area contributed by atoms with Gasteiger partial charge in [-0.05, 0) is 19.4 Å². The summed E-state index contributed by atoms with van der Waals surface area (Å²) in [7, 11) is 0. The van der Waals surface area contributed by atoms with Gasteiger partial charge >= 0.3 is 6.09 Å². The maximum atomic E-state index is 10.4. The molecule has 6 heteroatoms. The first-order valence-electron chi connectivity index (χ1n) is 5.48. The lowest BCUT2D eigenvalue weighted by molar-refractivity contribution is 0.194. The fraction of sp³-hybridized carbons (Fsp3) is 0.333. The molecule has 0 radical (unpaired) electrons. The van der Waals surface area contributed by atoms with Gasteiger partial charge in [0, 0.05) is 23.9 Å². The molecule has 18 heavy (non-hydrogen) atoms. The van der Waals surface area contributed by atoms with Crippen LogP contribution in [0, 0.1) is 0 Å². The van der Waals surface area contributed by atoms with Crippen LogP contribution in [0.15, 0.2) is 18.8 Å². The highest BCUT2D eigenvalue weighted by atomic mass is 35.5. The molecule has 1 aromatic rings. The number of hydrogen-bond acceptors (Lipinski definition) is 3. The Hall–Kier alpha value is -1.75. The van der Waals surface area contributed by atoms with E-state index >= 15 is 0 Å². The Morgan fingerprint density at radius 2 is 2.39 bits per heavy atom. The number of carboxylic acid groups (broad SMARTS) is 1. The number of pyridine rings is 1. The van der Waals surface area contributed by atoms with E-state index in [9.17, 15) is 4.79 Å². The Bertz CT molecular complexity index is 449. The standard InChI is InChI=1S/C12H15ClN2O3/c1-3-18-8(2)9-4-6-14-11(13)10(9)5-7-15-12(16)17/h4,6,15H,2-3,5,7H2,1H3,(H,16,17). The number of ether oxygens (including phenoxy) is 1. The van der Waals surface area contributed by atoms with Crippen molar-refractivity contribution in [2.45, 2.75) is 13.3 Å². The maximum Gasteiger partial charge on any atom is 0.404 e. The van der Waals surface area contributed by atoms with Crippen LogP contribution in [0.2, 0.25) is 5.15 Å². The summed E-state index contributed by atoms with van der Waals surface area (Å²) in [6.07, 6.45) is 0.927. The van der Waals surface area contributed by atoms with E-state index in [4.69, 9.17) is 21.4 Å². The van der Waals surface area contributed by atoms with Crippen LogP contribution in [0.4, 0.5) is 4.79 Å². The second-order valence-corrected chi connectivity index (χ2v) is 3.82. The summed E-state index contributed by atoms with van der Waals surface area (Å²) >= 11 is 6.01. The smallest absolute Gasteiger partial charge is 0.404 e. The molecule has 0 unspecified atom stereocenters. The first-order valence-corrected chi connectivity index (χ1v) is 5.86. The molecule has 1 heterocycles. The number of rotatable bonds is 6. The first kappa shape index (κ1) is 14.3. The van der Waals surface area contributed by atoms with Crippen molar-refractivity contribution in [3.05, 3.63) is 35.1 Å². The zero-order valence-electron chi connectivity index (χ0n) is 10.1. The molecule has 0 saturated heterocycles. The Balaban J connectivity index is 2.86. The summed E-state index contributed by atoms with van der Waals surface area (Å²) in [6, 6.07) is 1.75. The summed E-state index contributed by atoms with van der Waals surface area (Å²) in [5.41, 5.74) is 1.48. The van der Waals surface area contributed by atoms with Gasteiger partial charge in [0.15, 0.2) is 0 Å². The van der Waals surface area contributed by atoms with Gasteiger partial charge in [-0.15, -0.1) is 0 Å². The van der Waals surface area contributed by atoms with Gasteiger partial charge in [0.25, 0.3) is 0 Å². The molecule has 0 spiro atoms. The molecule has 0 atom stereocenters. The Morgan fingerprint density at radius 1 is 1.67 bits per heavy atom. The fourth-order valence-electron chi connectivity index (χ4n) is 1.51. The van der Waals surface area contributed by atoms with Crippen molar-refractivity contribution in [3.63, 3.8) is 0 Å². The highest BCUT2D eigenvalue weighted by Crippen LogP contribution is 2.24. The largest absolute Gasteiger partial charge is 0.494 e. The van der Waals surface area contributed by atoms with Gasteiger partial charge in [-0.3, -0.25) is 0 Å². The van der Waals surface area contributed by atoms with Crippen molar-refractivity contribution >= 4 is 23.5 Å². The number of carbonyl (C=O) groups is 1. The van der Waals surface area contributed by atoms with E-state index in [0.29, 0.717) is 23.9 Å². The second-order valence-electron chi connectivity index (χ2n) is 3.47. The van der Waals surface area contributed by atoms with Crippen LogP contribution >= 0.6 is 11.6 Å². The van der Waals surface area contributed by atoms with E-state index in [2.05, 4.69) is 16.9 Å². The average Bonchev–Trinajstić information content (AvgIpc) is 2.31. The lowest BCUT2D eigenvalue weighted by Gasteiger charge is -2.13. The summed E-state index contributed by atoms with van der Waals surface area (Å²) in [4.78, 5) is 14.4. The van der Waals surface area contributed by atoms with Gasteiger partial charge < -0.3 is 15.2 Å². The zero-order valence-corrected chi connectivity index (χ0v) is 10.8. The van der Waals surface area contributed by atoms with Crippen molar-refractivity contribution in [2.24, 2.45) is 0 Å². The minimum absolute atomic E-state index is 0.257. The van der Waals surface area contributed by atoms with Gasteiger partial charge in [0.2, 0.25) is 0 Å². The van der Waals surface area contributed by atoms with Crippen LogP contribution in [0.25, 0.3) is 5.76 Å². The minimum atomic E-state index is -1.07. The molecule has 0 aliphatic heterocycles. The molecule has 0 saturated carbocycles. The monoisotopic (exact) mass is 270 g/mol. The SMILES string of the molecule is C=C(OCC)c1ccnc(Cl)c1CCNC(=O)O. The third-order valence-electron chi connectivity index (χ3n) is 2.27. The first-order chi connectivity index (χ1) is 8.56. The summed E-state index contributed by atoms with van der Waals surface area (Å²) in [5, 5.41) is 11.1. The molecule has 0 aliphatic carbocycles. The number of nitrogens with zero attached hydrogens (tertiary/aromatic N) is 1. The van der Waals surface area contributed by atoms with Crippen molar-refractivity contribution in [1.82, 2.24) is 10.3 Å². The Kier molecular flexibility index (Phi) is 5.45. The van der Waals surface area contributed by atoms with Crippen LogP contribution in [0.1, 0.15) is 18.1 Å². The van der Waals surface area contributed by atoms with E-state index in [1.54, 1.807) is 12.3 Å². The van der Waals surface area contributed by atoms with Crippen molar-refractivity contribution < 1.29 is 14.6 Å². The van der Waals surface area contributed by atoms with Crippen LogP contribution < -0.4 is 5.32 Å². The van der Waals surface area contributed by atoms with Gasteiger partial charge in [-0.2, -0.15) is 0 Å². The number of amides is 1. The maximum absolute atomic E-state index is 10.4. The molecule has 0 bridgehead atoms. The number of halogens is 1. The minimum Gasteiger partial charge on any atom is -0.494 e. The van der Waals surface area contributed by atoms with Crippen molar-refractivity contribution in [3.8, 4) is 0 Å². The third-order valence-corrected chi connectivity index (χ3v) is 2.60. The van der Waals surface area contributed by atoms with Gasteiger partial charge in [-0.1, -0.05) is 18.2 Å². The Labute approximate surface area is 110 Å². The molecule has 2 N–H and O–H groups in total. The molecule has 1 amide bonds. The number of nitrogens with one attached hydrogen (secondary N) is 1. The molecule has 5 nitrogen and oxygen atoms in total. The highest BCUT2D eigenvalue weighted by molar-refractivity contribution is 6.30. The Morgan fingerprint density at radius 3 is 3.00 bits per heavy atom. The van der Waals surface area contributed by atoms with Crippen LogP contribution in [0.3, 0.4) is 0 Å². The van der Waals surface area contributed by atoms with E-state index in [1.165, 1.54) is 0 Å². The molecule has 0 aliphatic rings. The van der Waals surface area contributed by atoms with Crippen LogP contribution in [-0.4, -0.2) is 29.3 Å². The van der Waals surface area contributed by atoms with Gasteiger partial charge in [0.1, 0.15) is 10.9 Å². The molecule has 0 aromatic carbocycles. The van der Waals surface area contributed by atoms with Gasteiger partial charge in [0.05, 0.1) is 6.61 Å². The summed E-state index contributed by atoms with van der Waals surface area (Å²) in [5.74, 6) is 0.507. The molecule has 98 valence electrons. The second kappa shape index (κ2) is 6.86. The lowest BCUT2D eigenvalue weighted by Crippen LogP contribution is -2.23.